The maximum atomic E-state index is 14.2. The Bertz CT molecular complexity index is 1280. The molecule has 2 saturated carbocycles. The highest BCUT2D eigenvalue weighted by Crippen LogP contribution is 2.65. The molecule has 3 aliphatic carbocycles. The number of hydrogen-bond acceptors (Lipinski definition) is 6. The molecule has 8 heteroatoms. The van der Waals surface area contributed by atoms with Gasteiger partial charge < -0.3 is 20.3 Å². The standard InChI is InChI=1S/C27H27FN2O5/c28-17-3-1-2-4-18(17)29-25(33)16-12-27(34)20-11-15-7-8-19(31)23-21(15)26(27,24(35-23)22(16)32)9-10-30(20)13-14-5-6-14/h1-4,7-8,14,16,20,24,31,34H,5-6,9-13H2,(H,29,33)/t16?,20-,24+,26+,27-/m1/s1. The van der Waals surface area contributed by atoms with Gasteiger partial charge in [0.15, 0.2) is 23.4 Å². The van der Waals surface area contributed by atoms with Gasteiger partial charge in [0.1, 0.15) is 11.7 Å². The van der Waals surface area contributed by atoms with Crippen molar-refractivity contribution in [3.63, 3.8) is 0 Å². The second kappa shape index (κ2) is 7.04. The molecule has 1 spiro atoms. The van der Waals surface area contributed by atoms with Crippen molar-refractivity contribution in [3.8, 4) is 11.5 Å². The summed E-state index contributed by atoms with van der Waals surface area (Å²) in [5, 5.41) is 25.7. The van der Waals surface area contributed by atoms with E-state index >= 15 is 0 Å². The second-order valence-corrected chi connectivity index (χ2v) is 10.9. The van der Waals surface area contributed by atoms with Crippen molar-refractivity contribution in [2.24, 2.45) is 11.8 Å². The Morgan fingerprint density at radius 1 is 1.23 bits per heavy atom. The maximum absolute atomic E-state index is 14.2. The first-order valence-corrected chi connectivity index (χ1v) is 12.4. The Hall–Kier alpha value is -2.97. The van der Waals surface area contributed by atoms with Crippen molar-refractivity contribution in [2.45, 2.75) is 55.3 Å². The summed E-state index contributed by atoms with van der Waals surface area (Å²) in [7, 11) is 0. The molecule has 3 fully saturated rings. The van der Waals surface area contributed by atoms with Gasteiger partial charge in [0.2, 0.25) is 5.91 Å². The summed E-state index contributed by atoms with van der Waals surface area (Å²) in [4.78, 5) is 29.5. The Morgan fingerprint density at radius 2 is 2.03 bits per heavy atom. The molecular formula is C27H27FN2O5. The normalized spacial score (nSPS) is 34.8. The predicted molar refractivity (Wildman–Crippen MR) is 124 cm³/mol. The number of benzene rings is 2. The van der Waals surface area contributed by atoms with Crippen LogP contribution in [0.1, 0.15) is 36.8 Å². The number of phenols is 1. The number of carbonyl (C=O) groups excluding carboxylic acids is 2. The van der Waals surface area contributed by atoms with Crippen molar-refractivity contribution in [3.05, 3.63) is 53.3 Å². The van der Waals surface area contributed by atoms with Crippen LogP contribution in [0.25, 0.3) is 0 Å². The Balaban J connectivity index is 1.33. The first kappa shape index (κ1) is 21.3. The maximum Gasteiger partial charge on any atom is 0.235 e. The molecule has 7 nitrogen and oxygen atoms in total. The van der Waals surface area contributed by atoms with Gasteiger partial charge in [-0.2, -0.15) is 0 Å². The predicted octanol–water partition coefficient (Wildman–Crippen LogP) is 2.53. The molecule has 2 aromatic rings. The van der Waals surface area contributed by atoms with Gasteiger partial charge in [0.05, 0.1) is 16.7 Å². The van der Waals surface area contributed by atoms with E-state index in [-0.39, 0.29) is 29.6 Å². The number of aromatic hydroxyl groups is 1. The van der Waals surface area contributed by atoms with Crippen LogP contribution in [0.15, 0.2) is 36.4 Å². The van der Waals surface area contributed by atoms with Crippen LogP contribution in [0.5, 0.6) is 11.5 Å². The zero-order chi connectivity index (χ0) is 24.1. The monoisotopic (exact) mass is 478 g/mol. The van der Waals surface area contributed by atoms with Crippen molar-refractivity contribution in [1.29, 1.82) is 0 Å². The topological polar surface area (TPSA) is 99.1 Å². The van der Waals surface area contributed by atoms with E-state index in [2.05, 4.69) is 10.2 Å². The number of Topliss-reactive ketones (excluding diaryl/α,β-unsaturated/α-hetero) is 1. The van der Waals surface area contributed by atoms with Crippen LogP contribution in [0, 0.1) is 17.7 Å². The Kier molecular flexibility index (Phi) is 4.29. The van der Waals surface area contributed by atoms with E-state index in [1.165, 1.54) is 31.0 Å². The number of amides is 1. The summed E-state index contributed by atoms with van der Waals surface area (Å²) >= 11 is 0. The zero-order valence-corrected chi connectivity index (χ0v) is 19.2. The van der Waals surface area contributed by atoms with Crippen molar-refractivity contribution in [1.82, 2.24) is 4.90 Å². The molecule has 0 aromatic heterocycles. The molecule has 1 unspecified atom stereocenters. The van der Waals surface area contributed by atoms with E-state index in [0.717, 1.165) is 24.2 Å². The third-order valence-electron chi connectivity index (χ3n) is 9.08. The number of hydrogen-bond donors (Lipinski definition) is 3. The van der Waals surface area contributed by atoms with Gasteiger partial charge in [0, 0.05) is 18.2 Å². The SMILES string of the molecule is O=C(Nc1ccccc1F)C1C[C@@]2(O)[C@H]3Cc4ccc(O)c5c4[C@@]2(CCN3CC2CC2)[C@@H](O5)C1=O. The summed E-state index contributed by atoms with van der Waals surface area (Å²) in [5.41, 5.74) is -0.703. The molecule has 7 rings (SSSR count). The summed E-state index contributed by atoms with van der Waals surface area (Å²) < 4.78 is 20.4. The smallest absolute Gasteiger partial charge is 0.235 e. The fourth-order valence-electron chi connectivity index (χ4n) is 7.31. The van der Waals surface area contributed by atoms with Gasteiger partial charge in [0.25, 0.3) is 0 Å². The number of nitrogens with zero attached hydrogens (tertiary/aromatic N) is 1. The Morgan fingerprint density at radius 3 is 2.80 bits per heavy atom. The second-order valence-electron chi connectivity index (χ2n) is 10.9. The minimum Gasteiger partial charge on any atom is -0.504 e. The molecule has 2 aliphatic heterocycles. The van der Waals surface area contributed by atoms with E-state index in [0.29, 0.717) is 18.8 Å². The van der Waals surface area contributed by atoms with Crippen molar-refractivity contribution >= 4 is 17.4 Å². The highest BCUT2D eigenvalue weighted by atomic mass is 19.1. The van der Waals surface area contributed by atoms with Crippen LogP contribution in [-0.2, 0) is 21.4 Å². The average molecular weight is 479 g/mol. The summed E-state index contributed by atoms with van der Waals surface area (Å²) in [5.74, 6) is -2.06. The third kappa shape index (κ3) is 2.72. The Labute approximate surface area is 201 Å². The highest BCUT2D eigenvalue weighted by Gasteiger charge is 2.75. The number of piperidine rings is 1. The zero-order valence-electron chi connectivity index (χ0n) is 19.2. The van der Waals surface area contributed by atoms with Crippen LogP contribution in [0.2, 0.25) is 0 Å². The van der Waals surface area contributed by atoms with E-state index in [1.54, 1.807) is 12.1 Å². The van der Waals surface area contributed by atoms with Gasteiger partial charge >= 0.3 is 0 Å². The number of ketones is 1. The summed E-state index contributed by atoms with van der Waals surface area (Å²) in [6.07, 6.45) is 2.28. The lowest BCUT2D eigenvalue weighted by Gasteiger charge is -2.63. The number of likely N-dealkylation sites (tertiary alicyclic amines) is 1. The number of nitrogens with one attached hydrogen (secondary N) is 1. The van der Waals surface area contributed by atoms with E-state index in [9.17, 15) is 24.2 Å². The molecular weight excluding hydrogens is 451 g/mol. The van der Waals surface area contributed by atoms with Gasteiger partial charge in [-0.3, -0.25) is 14.5 Å². The molecule has 5 aliphatic rings. The summed E-state index contributed by atoms with van der Waals surface area (Å²) in [6, 6.07) is 8.98. The molecule has 0 radical (unpaired) electrons. The number of halogens is 1. The van der Waals surface area contributed by atoms with Crippen LogP contribution in [0.3, 0.4) is 0 Å². The van der Waals surface area contributed by atoms with E-state index in [1.807, 2.05) is 6.07 Å². The largest absolute Gasteiger partial charge is 0.504 e. The number of anilines is 1. The lowest BCUT2D eigenvalue weighted by molar-refractivity contribution is -0.197. The van der Waals surface area contributed by atoms with Crippen molar-refractivity contribution < 1.29 is 28.9 Å². The lowest BCUT2D eigenvalue weighted by Crippen LogP contribution is -2.78. The number of para-hydroxylation sites is 1. The molecule has 1 amide bonds. The minimum atomic E-state index is -1.40. The summed E-state index contributed by atoms with van der Waals surface area (Å²) in [6.45, 7) is 1.60. The molecule has 182 valence electrons. The van der Waals surface area contributed by atoms with Crippen LogP contribution in [0.4, 0.5) is 10.1 Å². The molecule has 5 atom stereocenters. The number of aliphatic hydroxyl groups is 1. The minimum absolute atomic E-state index is 0.00710. The first-order chi connectivity index (χ1) is 16.8. The first-order valence-electron chi connectivity index (χ1n) is 12.4. The van der Waals surface area contributed by atoms with Gasteiger partial charge in [-0.15, -0.1) is 0 Å². The molecule has 1 saturated heterocycles. The molecule has 3 N–H and O–H groups in total. The van der Waals surface area contributed by atoms with Crippen molar-refractivity contribution in [2.75, 3.05) is 18.4 Å². The van der Waals surface area contributed by atoms with E-state index < -0.39 is 40.5 Å². The van der Waals surface area contributed by atoms with Crippen LogP contribution >= 0.6 is 0 Å². The third-order valence-corrected chi connectivity index (χ3v) is 9.08. The highest BCUT2D eigenvalue weighted by molar-refractivity contribution is 6.10. The van der Waals surface area contributed by atoms with Crippen LogP contribution in [-0.4, -0.2) is 57.6 Å². The van der Waals surface area contributed by atoms with Gasteiger partial charge in [-0.1, -0.05) is 18.2 Å². The molecule has 2 bridgehead atoms. The number of ether oxygens (including phenoxy) is 1. The number of carbonyl (C=O) groups is 2. The number of rotatable bonds is 4. The fraction of sp³-hybridized carbons (Fsp3) is 0.481. The average Bonchev–Trinajstić information content (AvgIpc) is 3.57. The fourth-order valence-corrected chi connectivity index (χ4v) is 7.31. The van der Waals surface area contributed by atoms with Gasteiger partial charge in [-0.05, 0) is 68.3 Å². The van der Waals surface area contributed by atoms with Gasteiger partial charge in [-0.25, -0.2) is 4.39 Å². The molecule has 35 heavy (non-hydrogen) atoms. The quantitative estimate of drug-likeness (QED) is 0.585. The molecule has 2 aromatic carbocycles. The lowest BCUT2D eigenvalue weighted by atomic mass is 9.47. The molecule has 2 heterocycles. The van der Waals surface area contributed by atoms with E-state index in [4.69, 9.17) is 4.74 Å². The van der Waals surface area contributed by atoms with Crippen LogP contribution < -0.4 is 10.1 Å². The number of phenolic OH excluding ortho intramolecular Hbond substituents is 1.